The molecule has 3 aromatic carbocycles. The Morgan fingerprint density at radius 2 is 1.36 bits per heavy atom. The number of benzene rings is 3. The number of ether oxygens (including phenoxy) is 1. The molecule has 0 spiro atoms. The standard InChI is InChI=1S/C31H21BN2OS/c1-31(2)20-8-7-11-26-29(20)32-28-21(31)14-18(22-9-3-5-12-33-22)15-24(28)35-25-16-19(17-27(36-26)30(25)32)23-10-4-6-13-34-23/h3-17H,1-2H3. The van der Waals surface area contributed by atoms with Gasteiger partial charge < -0.3 is 4.74 Å². The highest BCUT2D eigenvalue weighted by Gasteiger charge is 2.49. The van der Waals surface area contributed by atoms with Crippen LogP contribution < -0.4 is 21.1 Å². The first-order chi connectivity index (χ1) is 17.6. The molecule has 5 heteroatoms. The lowest BCUT2D eigenvalue weighted by atomic mass is 9.30. The Morgan fingerprint density at radius 3 is 2.06 bits per heavy atom. The molecule has 0 unspecified atom stereocenters. The van der Waals surface area contributed by atoms with Gasteiger partial charge in [0.05, 0.1) is 11.4 Å². The van der Waals surface area contributed by atoms with Crippen LogP contribution in [0.25, 0.3) is 22.5 Å². The second kappa shape index (κ2) is 7.11. The van der Waals surface area contributed by atoms with Gasteiger partial charge in [-0.05, 0) is 76.6 Å². The maximum absolute atomic E-state index is 6.80. The predicted molar refractivity (Wildman–Crippen MR) is 147 cm³/mol. The molecule has 0 fully saturated rings. The number of aromatic nitrogens is 2. The number of hydrogen-bond donors (Lipinski definition) is 0. The molecule has 3 aliphatic heterocycles. The quantitative estimate of drug-likeness (QED) is 0.305. The zero-order chi connectivity index (χ0) is 24.0. The molecule has 3 aliphatic rings. The zero-order valence-electron chi connectivity index (χ0n) is 19.9. The van der Waals surface area contributed by atoms with E-state index in [0.29, 0.717) is 0 Å². The smallest absolute Gasteiger partial charge is 0.254 e. The van der Waals surface area contributed by atoms with E-state index in [1.54, 1.807) is 0 Å². The van der Waals surface area contributed by atoms with Crippen molar-refractivity contribution in [2.24, 2.45) is 0 Å². The summed E-state index contributed by atoms with van der Waals surface area (Å²) in [6.45, 7) is 4.86. The fourth-order valence-electron chi connectivity index (χ4n) is 6.23. The Hall–Kier alpha value is -3.83. The zero-order valence-corrected chi connectivity index (χ0v) is 20.8. The van der Waals surface area contributed by atoms with Crippen LogP contribution in [0, 0.1) is 0 Å². The van der Waals surface area contributed by atoms with Crippen LogP contribution in [-0.4, -0.2) is 16.7 Å². The maximum atomic E-state index is 6.80. The van der Waals surface area contributed by atoms with Gasteiger partial charge in [-0.25, -0.2) is 0 Å². The van der Waals surface area contributed by atoms with Gasteiger partial charge >= 0.3 is 0 Å². The molecule has 36 heavy (non-hydrogen) atoms. The van der Waals surface area contributed by atoms with Crippen LogP contribution in [0.4, 0.5) is 0 Å². The molecule has 0 saturated carbocycles. The molecule has 170 valence electrons. The summed E-state index contributed by atoms with van der Waals surface area (Å²) in [5.74, 6) is 1.87. The molecule has 0 bridgehead atoms. The highest BCUT2D eigenvalue weighted by Crippen LogP contribution is 2.46. The van der Waals surface area contributed by atoms with Gasteiger partial charge in [0.1, 0.15) is 11.5 Å². The maximum Gasteiger partial charge on any atom is 0.254 e. The summed E-state index contributed by atoms with van der Waals surface area (Å²) in [5, 5.41) is 0. The minimum atomic E-state index is -0.149. The van der Waals surface area contributed by atoms with E-state index in [9.17, 15) is 0 Å². The van der Waals surface area contributed by atoms with E-state index in [4.69, 9.17) is 4.74 Å². The topological polar surface area (TPSA) is 35.0 Å². The molecule has 0 N–H and O–H groups in total. The molecule has 8 rings (SSSR count). The second-order valence-corrected chi connectivity index (χ2v) is 11.3. The summed E-state index contributed by atoms with van der Waals surface area (Å²) in [5.41, 5.74) is 10.7. The summed E-state index contributed by atoms with van der Waals surface area (Å²) in [4.78, 5) is 11.9. The third kappa shape index (κ3) is 2.66. The lowest BCUT2D eigenvalue weighted by molar-refractivity contribution is 0.483. The van der Waals surface area contributed by atoms with E-state index < -0.39 is 0 Å². The first kappa shape index (κ1) is 20.4. The number of nitrogens with zero attached hydrogens (tertiary/aromatic N) is 2. The van der Waals surface area contributed by atoms with Crippen molar-refractivity contribution in [2.75, 3.05) is 0 Å². The minimum Gasteiger partial charge on any atom is -0.458 e. The van der Waals surface area contributed by atoms with Crippen molar-refractivity contribution in [2.45, 2.75) is 29.1 Å². The monoisotopic (exact) mass is 480 g/mol. The molecule has 5 heterocycles. The van der Waals surface area contributed by atoms with E-state index >= 15 is 0 Å². The van der Waals surface area contributed by atoms with Gasteiger partial charge in [0, 0.05) is 38.7 Å². The average molecular weight is 480 g/mol. The van der Waals surface area contributed by atoms with Crippen molar-refractivity contribution < 1.29 is 4.74 Å². The van der Waals surface area contributed by atoms with Crippen LogP contribution >= 0.6 is 11.8 Å². The van der Waals surface area contributed by atoms with Crippen LogP contribution in [0.3, 0.4) is 0 Å². The summed E-state index contributed by atoms with van der Waals surface area (Å²) in [6.07, 6.45) is 3.70. The summed E-state index contributed by atoms with van der Waals surface area (Å²) >= 11 is 1.86. The lowest BCUT2D eigenvalue weighted by Crippen LogP contribution is -2.64. The van der Waals surface area contributed by atoms with Crippen molar-refractivity contribution in [1.82, 2.24) is 9.97 Å². The third-order valence-electron chi connectivity index (χ3n) is 7.89. The Bertz CT molecular complexity index is 1720. The molecule has 0 aliphatic carbocycles. The van der Waals surface area contributed by atoms with E-state index in [0.717, 1.165) is 34.0 Å². The molecule has 0 atom stereocenters. The first-order valence-corrected chi connectivity index (χ1v) is 13.1. The third-order valence-corrected chi connectivity index (χ3v) is 9.02. The van der Waals surface area contributed by atoms with E-state index in [1.807, 2.05) is 48.4 Å². The molecule has 0 amide bonds. The van der Waals surface area contributed by atoms with Crippen molar-refractivity contribution in [3.8, 4) is 34.0 Å². The van der Waals surface area contributed by atoms with E-state index in [2.05, 4.69) is 78.4 Å². The Balaban J connectivity index is 1.45. The van der Waals surface area contributed by atoms with Crippen LogP contribution in [0.5, 0.6) is 11.5 Å². The van der Waals surface area contributed by atoms with Crippen LogP contribution in [0.15, 0.2) is 101 Å². The normalized spacial score (nSPS) is 15.2. The highest BCUT2D eigenvalue weighted by molar-refractivity contribution is 8.00. The fourth-order valence-corrected chi connectivity index (χ4v) is 7.47. The predicted octanol–water partition coefficient (Wildman–Crippen LogP) is 5.54. The van der Waals surface area contributed by atoms with Crippen molar-refractivity contribution >= 4 is 34.9 Å². The van der Waals surface area contributed by atoms with Gasteiger partial charge in [-0.1, -0.05) is 55.3 Å². The largest absolute Gasteiger partial charge is 0.458 e. The SMILES string of the molecule is CC1(C)c2cc(-c3ccccn3)cc3c2B2c4c(cc(-c5ccccn5)cc4Sc4cccc1c42)O3. The minimum absolute atomic E-state index is 0.149. The van der Waals surface area contributed by atoms with Crippen molar-refractivity contribution in [1.29, 1.82) is 0 Å². The summed E-state index contributed by atoms with van der Waals surface area (Å²) in [6, 6.07) is 27.9. The van der Waals surface area contributed by atoms with Crippen LogP contribution in [0.2, 0.25) is 0 Å². The highest BCUT2D eigenvalue weighted by atomic mass is 32.2. The van der Waals surface area contributed by atoms with Gasteiger partial charge in [-0.3, -0.25) is 9.97 Å². The lowest BCUT2D eigenvalue weighted by Gasteiger charge is -2.44. The van der Waals surface area contributed by atoms with E-state index in [1.165, 1.54) is 37.3 Å². The number of hydrogen-bond acceptors (Lipinski definition) is 4. The van der Waals surface area contributed by atoms with E-state index in [-0.39, 0.29) is 12.1 Å². The molecular formula is C31H21BN2OS. The molecule has 2 aromatic heterocycles. The number of pyridine rings is 2. The van der Waals surface area contributed by atoms with Gasteiger partial charge in [0.15, 0.2) is 0 Å². The van der Waals surface area contributed by atoms with Crippen LogP contribution in [0.1, 0.15) is 25.0 Å². The van der Waals surface area contributed by atoms with Crippen LogP contribution in [-0.2, 0) is 5.41 Å². The Morgan fingerprint density at radius 1 is 0.667 bits per heavy atom. The summed E-state index contributed by atoms with van der Waals surface area (Å²) < 4.78 is 6.80. The second-order valence-electron chi connectivity index (χ2n) is 10.2. The van der Waals surface area contributed by atoms with Gasteiger partial charge in [-0.15, -0.1) is 0 Å². The van der Waals surface area contributed by atoms with Crippen molar-refractivity contribution in [3.05, 3.63) is 102 Å². The van der Waals surface area contributed by atoms with Gasteiger partial charge in [0.25, 0.3) is 6.71 Å². The van der Waals surface area contributed by atoms with Gasteiger partial charge in [-0.2, -0.15) is 0 Å². The summed E-state index contributed by atoms with van der Waals surface area (Å²) in [7, 11) is 0. The van der Waals surface area contributed by atoms with Crippen molar-refractivity contribution in [3.63, 3.8) is 0 Å². The average Bonchev–Trinajstić information content (AvgIpc) is 2.92. The molecule has 5 aromatic rings. The Labute approximate surface area is 214 Å². The number of rotatable bonds is 2. The first-order valence-electron chi connectivity index (χ1n) is 12.3. The van der Waals surface area contributed by atoms with Gasteiger partial charge in [0.2, 0.25) is 0 Å². The molecule has 0 saturated heterocycles. The Kier molecular flexibility index (Phi) is 4.03. The fraction of sp³-hybridized carbons (Fsp3) is 0.0968. The molecular weight excluding hydrogens is 459 g/mol. The molecule has 3 nitrogen and oxygen atoms in total. The molecule has 0 radical (unpaired) electrons.